The molecule has 0 aromatic heterocycles. The molecule has 4 rings (SSSR count). The number of fused-ring (bicyclic) bond motifs is 2. The van der Waals surface area contributed by atoms with E-state index in [2.05, 4.69) is 34.5 Å². The van der Waals surface area contributed by atoms with E-state index >= 15 is 0 Å². The van der Waals surface area contributed by atoms with Crippen LogP contribution in [0.4, 0.5) is 0 Å². The van der Waals surface area contributed by atoms with Crippen LogP contribution in [0.3, 0.4) is 0 Å². The average Bonchev–Trinajstić information content (AvgIpc) is 3.06. The Morgan fingerprint density at radius 1 is 1.26 bits per heavy atom. The number of benzene rings is 1. The molecule has 0 spiro atoms. The van der Waals surface area contributed by atoms with Crippen molar-refractivity contribution in [1.29, 1.82) is 0 Å². The van der Waals surface area contributed by atoms with Gasteiger partial charge >= 0.3 is 0 Å². The zero-order chi connectivity index (χ0) is 12.7. The van der Waals surface area contributed by atoms with Crippen LogP contribution in [0.5, 0.6) is 5.75 Å². The smallest absolute Gasteiger partial charge is 0.122 e. The molecule has 3 heteroatoms. The van der Waals surface area contributed by atoms with Crippen molar-refractivity contribution in [3.8, 4) is 5.75 Å². The van der Waals surface area contributed by atoms with Crippen molar-refractivity contribution in [2.45, 2.75) is 24.8 Å². The quantitative estimate of drug-likeness (QED) is 0.876. The van der Waals surface area contributed by atoms with Gasteiger partial charge in [-0.05, 0) is 37.9 Å². The first-order valence-electron chi connectivity index (χ1n) is 7.58. The van der Waals surface area contributed by atoms with Crippen molar-refractivity contribution >= 4 is 0 Å². The Balaban J connectivity index is 1.50. The standard InChI is InChI=1S/C16H22N2O/c1-2-6-16-14(5-1)13(11-19-16)10-18-7-3-4-12-8-17-9-15(12)18/h1-2,5-6,12-13,15,17H,3-4,7-11H2. The summed E-state index contributed by atoms with van der Waals surface area (Å²) in [4.78, 5) is 2.71. The summed E-state index contributed by atoms with van der Waals surface area (Å²) < 4.78 is 5.82. The Labute approximate surface area is 114 Å². The van der Waals surface area contributed by atoms with Gasteiger partial charge in [0, 0.05) is 30.6 Å². The molecule has 2 fully saturated rings. The maximum absolute atomic E-state index is 5.82. The highest BCUT2D eigenvalue weighted by molar-refractivity contribution is 5.39. The van der Waals surface area contributed by atoms with Crippen LogP contribution in [0.15, 0.2) is 24.3 Å². The molecule has 0 bridgehead atoms. The Hall–Kier alpha value is -1.06. The van der Waals surface area contributed by atoms with Gasteiger partial charge in [0.2, 0.25) is 0 Å². The van der Waals surface area contributed by atoms with Crippen LogP contribution in [0, 0.1) is 5.92 Å². The number of rotatable bonds is 2. The predicted octanol–water partition coefficient (Wildman–Crippen LogP) is 1.85. The van der Waals surface area contributed by atoms with E-state index in [-0.39, 0.29) is 0 Å². The minimum absolute atomic E-state index is 0.565. The lowest BCUT2D eigenvalue weighted by atomic mass is 9.90. The van der Waals surface area contributed by atoms with Gasteiger partial charge in [-0.25, -0.2) is 0 Å². The van der Waals surface area contributed by atoms with Crippen LogP contribution in [0.25, 0.3) is 0 Å². The molecule has 19 heavy (non-hydrogen) atoms. The van der Waals surface area contributed by atoms with Gasteiger partial charge in [0.15, 0.2) is 0 Å². The third-order valence-corrected chi connectivity index (χ3v) is 5.05. The molecule has 0 radical (unpaired) electrons. The first kappa shape index (κ1) is 11.7. The molecule has 3 nitrogen and oxygen atoms in total. The minimum atomic E-state index is 0.565. The van der Waals surface area contributed by atoms with Crippen LogP contribution in [0.1, 0.15) is 24.3 Å². The number of para-hydroxylation sites is 1. The highest BCUT2D eigenvalue weighted by atomic mass is 16.5. The number of nitrogens with one attached hydrogen (secondary N) is 1. The van der Waals surface area contributed by atoms with Gasteiger partial charge in [-0.15, -0.1) is 0 Å². The number of hydrogen-bond donors (Lipinski definition) is 1. The van der Waals surface area contributed by atoms with Crippen molar-refractivity contribution in [3.63, 3.8) is 0 Å². The van der Waals surface area contributed by atoms with Gasteiger partial charge in [0.25, 0.3) is 0 Å². The summed E-state index contributed by atoms with van der Waals surface area (Å²) in [6, 6.07) is 9.31. The molecule has 3 heterocycles. The Morgan fingerprint density at radius 3 is 3.21 bits per heavy atom. The summed E-state index contributed by atoms with van der Waals surface area (Å²) in [6.45, 7) is 5.70. The number of nitrogens with zero attached hydrogens (tertiary/aromatic N) is 1. The van der Waals surface area contributed by atoms with E-state index in [0.717, 1.165) is 24.3 Å². The largest absolute Gasteiger partial charge is 0.493 e. The lowest BCUT2D eigenvalue weighted by molar-refractivity contribution is 0.113. The van der Waals surface area contributed by atoms with E-state index in [1.54, 1.807) is 0 Å². The maximum atomic E-state index is 5.82. The van der Waals surface area contributed by atoms with Gasteiger partial charge in [-0.1, -0.05) is 18.2 Å². The van der Waals surface area contributed by atoms with Crippen LogP contribution < -0.4 is 10.1 Å². The second kappa shape index (κ2) is 4.80. The van der Waals surface area contributed by atoms with Gasteiger partial charge in [0.1, 0.15) is 5.75 Å². The number of piperidine rings is 1. The van der Waals surface area contributed by atoms with Crippen LogP contribution in [0.2, 0.25) is 0 Å². The highest BCUT2D eigenvalue weighted by Gasteiger charge is 2.37. The molecule has 0 saturated carbocycles. The van der Waals surface area contributed by atoms with Crippen LogP contribution in [-0.2, 0) is 0 Å². The summed E-state index contributed by atoms with van der Waals surface area (Å²) in [5.41, 5.74) is 1.41. The molecule has 1 aromatic carbocycles. The molecular weight excluding hydrogens is 236 g/mol. The second-order valence-corrected chi connectivity index (χ2v) is 6.17. The molecule has 3 unspecified atom stereocenters. The first-order chi connectivity index (χ1) is 9.42. The normalized spacial score (nSPS) is 33.8. The summed E-state index contributed by atoms with van der Waals surface area (Å²) in [7, 11) is 0. The van der Waals surface area contributed by atoms with E-state index in [0.29, 0.717) is 5.92 Å². The molecule has 0 aliphatic carbocycles. The van der Waals surface area contributed by atoms with Gasteiger partial charge < -0.3 is 10.1 Å². The average molecular weight is 258 g/mol. The summed E-state index contributed by atoms with van der Waals surface area (Å²) in [5.74, 6) is 2.55. The van der Waals surface area contributed by atoms with E-state index < -0.39 is 0 Å². The Kier molecular flexibility index (Phi) is 2.97. The van der Waals surface area contributed by atoms with E-state index in [9.17, 15) is 0 Å². The van der Waals surface area contributed by atoms with Crippen molar-refractivity contribution in [3.05, 3.63) is 29.8 Å². The Bertz CT molecular complexity index is 462. The minimum Gasteiger partial charge on any atom is -0.493 e. The third kappa shape index (κ3) is 2.05. The number of ether oxygens (including phenoxy) is 1. The molecule has 102 valence electrons. The first-order valence-corrected chi connectivity index (χ1v) is 7.58. The monoisotopic (exact) mass is 258 g/mol. The number of hydrogen-bond acceptors (Lipinski definition) is 3. The molecule has 3 aliphatic rings. The van der Waals surface area contributed by atoms with Crippen LogP contribution >= 0.6 is 0 Å². The lowest BCUT2D eigenvalue weighted by Crippen LogP contribution is -2.46. The zero-order valence-corrected chi connectivity index (χ0v) is 11.3. The molecule has 0 amide bonds. The lowest BCUT2D eigenvalue weighted by Gasteiger charge is -2.38. The van der Waals surface area contributed by atoms with Crippen molar-refractivity contribution in [2.75, 3.05) is 32.8 Å². The zero-order valence-electron chi connectivity index (χ0n) is 11.3. The molecule has 2 saturated heterocycles. The predicted molar refractivity (Wildman–Crippen MR) is 75.6 cm³/mol. The molecule has 3 aliphatic heterocycles. The second-order valence-electron chi connectivity index (χ2n) is 6.17. The SMILES string of the molecule is c1ccc2c(c1)OCC2CN1CCCC2CNCC21. The van der Waals surface area contributed by atoms with Crippen molar-refractivity contribution < 1.29 is 4.74 Å². The summed E-state index contributed by atoms with van der Waals surface area (Å²) in [6.07, 6.45) is 2.77. The van der Waals surface area contributed by atoms with Crippen molar-refractivity contribution in [2.24, 2.45) is 5.92 Å². The van der Waals surface area contributed by atoms with Gasteiger partial charge in [-0.2, -0.15) is 0 Å². The van der Waals surface area contributed by atoms with E-state index in [4.69, 9.17) is 4.74 Å². The van der Waals surface area contributed by atoms with E-state index in [1.165, 1.54) is 44.6 Å². The molecular formula is C16H22N2O. The Morgan fingerprint density at radius 2 is 2.21 bits per heavy atom. The third-order valence-electron chi connectivity index (χ3n) is 5.05. The van der Waals surface area contributed by atoms with Crippen LogP contribution in [-0.4, -0.2) is 43.7 Å². The number of likely N-dealkylation sites (tertiary alicyclic amines) is 1. The summed E-state index contributed by atoms with van der Waals surface area (Å²) >= 11 is 0. The van der Waals surface area contributed by atoms with Crippen molar-refractivity contribution in [1.82, 2.24) is 10.2 Å². The van der Waals surface area contributed by atoms with E-state index in [1.807, 2.05) is 0 Å². The molecule has 1 N–H and O–H groups in total. The maximum Gasteiger partial charge on any atom is 0.122 e. The van der Waals surface area contributed by atoms with Gasteiger partial charge in [0.05, 0.1) is 6.61 Å². The topological polar surface area (TPSA) is 24.5 Å². The summed E-state index contributed by atoms with van der Waals surface area (Å²) in [5, 5.41) is 3.57. The fraction of sp³-hybridized carbons (Fsp3) is 0.625. The molecule has 3 atom stereocenters. The highest BCUT2D eigenvalue weighted by Crippen LogP contribution is 2.36. The fourth-order valence-electron chi connectivity index (χ4n) is 4.05. The fourth-order valence-corrected chi connectivity index (χ4v) is 4.05. The van der Waals surface area contributed by atoms with Gasteiger partial charge in [-0.3, -0.25) is 4.90 Å². The molecule has 1 aromatic rings.